The van der Waals surface area contributed by atoms with E-state index in [1.54, 1.807) is 31.2 Å². The summed E-state index contributed by atoms with van der Waals surface area (Å²) >= 11 is 0. The highest BCUT2D eigenvalue weighted by Crippen LogP contribution is 2.14. The number of carbonyl (C=O) groups is 1. The average molecular weight is 291 g/mol. The molecule has 0 spiro atoms. The van der Waals surface area contributed by atoms with Crippen molar-refractivity contribution in [2.45, 2.75) is 19.4 Å². The Kier molecular flexibility index (Phi) is 5.16. The fourth-order valence-electron chi connectivity index (χ4n) is 2.08. The molecule has 1 heterocycles. The molecule has 2 atom stereocenters. The van der Waals surface area contributed by atoms with E-state index in [2.05, 4.69) is 10.6 Å². The van der Waals surface area contributed by atoms with Crippen molar-refractivity contribution < 1.29 is 14.6 Å². The summed E-state index contributed by atoms with van der Waals surface area (Å²) in [7, 11) is 0. The number of hydrogen-bond acceptors (Lipinski definition) is 4. The number of rotatable bonds is 6. The molecule has 0 aliphatic carbocycles. The van der Waals surface area contributed by atoms with Crippen LogP contribution in [0.2, 0.25) is 0 Å². The fourth-order valence-corrected chi connectivity index (χ4v) is 2.08. The Morgan fingerprint density at radius 2 is 2.24 bits per heavy atom. The van der Waals surface area contributed by atoms with Crippen molar-refractivity contribution in [2.24, 2.45) is 5.92 Å². The second-order valence-electron chi connectivity index (χ2n) is 5.28. The second kappa shape index (κ2) is 7.08. The molecule has 1 aromatic carbocycles. The minimum atomic E-state index is -0.872. The quantitative estimate of drug-likeness (QED) is 0.464. The molecule has 21 heavy (non-hydrogen) atoms. The van der Waals surface area contributed by atoms with Crippen molar-refractivity contribution in [3.63, 3.8) is 0 Å². The number of carboxylic acids is 1. The maximum absolute atomic E-state index is 10.7. The summed E-state index contributed by atoms with van der Waals surface area (Å²) in [6.07, 6.45) is 1.02. The van der Waals surface area contributed by atoms with E-state index >= 15 is 0 Å². The van der Waals surface area contributed by atoms with E-state index in [1.807, 2.05) is 0 Å². The molecular formula is C15H21N3O3. The van der Waals surface area contributed by atoms with Gasteiger partial charge in [-0.15, -0.1) is 0 Å². The predicted octanol–water partition coefficient (Wildman–Crippen LogP) is 1.06. The molecule has 1 saturated heterocycles. The van der Waals surface area contributed by atoms with E-state index in [9.17, 15) is 4.79 Å². The van der Waals surface area contributed by atoms with E-state index in [0.717, 1.165) is 25.1 Å². The summed E-state index contributed by atoms with van der Waals surface area (Å²) in [4.78, 5) is 10.7. The molecule has 1 fully saturated rings. The van der Waals surface area contributed by atoms with Gasteiger partial charge in [-0.1, -0.05) is 0 Å². The van der Waals surface area contributed by atoms with Crippen LogP contribution in [0.15, 0.2) is 24.3 Å². The molecule has 1 aliphatic rings. The van der Waals surface area contributed by atoms with Gasteiger partial charge in [0.1, 0.15) is 18.2 Å². The number of aliphatic carboxylic acids is 1. The van der Waals surface area contributed by atoms with Crippen molar-refractivity contribution in [1.82, 2.24) is 10.6 Å². The first-order chi connectivity index (χ1) is 10.1. The van der Waals surface area contributed by atoms with Crippen LogP contribution in [-0.4, -0.2) is 42.6 Å². The molecule has 0 saturated carbocycles. The summed E-state index contributed by atoms with van der Waals surface area (Å²) in [5.74, 6) is -0.404. The van der Waals surface area contributed by atoms with E-state index in [0.29, 0.717) is 17.6 Å². The van der Waals surface area contributed by atoms with Crippen LogP contribution in [-0.2, 0) is 4.79 Å². The molecule has 0 amide bonds. The van der Waals surface area contributed by atoms with Crippen molar-refractivity contribution in [3.8, 4) is 5.75 Å². The number of amidine groups is 1. The molecule has 2 rings (SSSR count). The Morgan fingerprint density at radius 3 is 2.81 bits per heavy atom. The summed E-state index contributed by atoms with van der Waals surface area (Å²) in [5.41, 5.74) is 0.792. The standard InChI is InChI=1S/C15H21N3O3/c1-10(15(19)20)9-21-13-4-2-11(3-5-13)14(16)18-12-6-7-17-8-12/h2-5,10,12,17H,6-9H2,1H3,(H2,16,18)(H,19,20)/t10-,12-/m0/s1. The number of benzene rings is 1. The van der Waals surface area contributed by atoms with Crippen molar-refractivity contribution in [2.75, 3.05) is 19.7 Å². The van der Waals surface area contributed by atoms with Gasteiger partial charge in [-0.05, 0) is 44.2 Å². The molecule has 1 aromatic rings. The molecule has 0 unspecified atom stereocenters. The molecular weight excluding hydrogens is 270 g/mol. The lowest BCUT2D eigenvalue weighted by atomic mass is 10.1. The van der Waals surface area contributed by atoms with Crippen molar-refractivity contribution >= 4 is 11.8 Å². The van der Waals surface area contributed by atoms with E-state index in [4.69, 9.17) is 15.3 Å². The van der Waals surface area contributed by atoms with Gasteiger partial charge < -0.3 is 20.5 Å². The topological polar surface area (TPSA) is 94.4 Å². The molecule has 6 nitrogen and oxygen atoms in total. The van der Waals surface area contributed by atoms with Crippen LogP contribution in [0.1, 0.15) is 18.9 Å². The van der Waals surface area contributed by atoms with Gasteiger partial charge >= 0.3 is 5.97 Å². The van der Waals surface area contributed by atoms with Gasteiger partial charge in [0.25, 0.3) is 0 Å². The molecule has 114 valence electrons. The first-order valence-corrected chi connectivity index (χ1v) is 7.08. The first kappa shape index (κ1) is 15.3. The van der Waals surface area contributed by atoms with Gasteiger partial charge in [0.05, 0.1) is 5.92 Å². The van der Waals surface area contributed by atoms with Crippen LogP contribution in [0, 0.1) is 11.3 Å². The third-order valence-corrected chi connectivity index (χ3v) is 3.47. The van der Waals surface area contributed by atoms with Crippen LogP contribution in [0.3, 0.4) is 0 Å². The van der Waals surface area contributed by atoms with Crippen LogP contribution in [0.4, 0.5) is 0 Å². The monoisotopic (exact) mass is 291 g/mol. The lowest BCUT2D eigenvalue weighted by Gasteiger charge is -2.14. The number of ether oxygens (including phenoxy) is 1. The number of nitrogens with one attached hydrogen (secondary N) is 3. The maximum Gasteiger partial charge on any atom is 0.309 e. The molecule has 0 radical (unpaired) electrons. The minimum Gasteiger partial charge on any atom is -0.493 e. The fraction of sp³-hybridized carbons (Fsp3) is 0.467. The average Bonchev–Trinajstić information content (AvgIpc) is 2.98. The Hall–Kier alpha value is -2.08. The summed E-state index contributed by atoms with van der Waals surface area (Å²) < 4.78 is 5.42. The van der Waals surface area contributed by atoms with Crippen molar-refractivity contribution in [1.29, 1.82) is 5.41 Å². The maximum atomic E-state index is 10.7. The zero-order valence-corrected chi connectivity index (χ0v) is 12.1. The van der Waals surface area contributed by atoms with Gasteiger partial charge in [-0.3, -0.25) is 10.2 Å². The summed E-state index contributed by atoms with van der Waals surface area (Å²) in [6, 6.07) is 7.43. The zero-order valence-electron chi connectivity index (χ0n) is 12.1. The van der Waals surface area contributed by atoms with Gasteiger partial charge in [-0.25, -0.2) is 0 Å². The zero-order chi connectivity index (χ0) is 15.2. The molecule has 0 aromatic heterocycles. The van der Waals surface area contributed by atoms with Gasteiger partial charge in [0.2, 0.25) is 0 Å². The minimum absolute atomic E-state index is 0.137. The SMILES string of the molecule is C[C@@H](COc1ccc(C(=N)N[C@H]2CCNC2)cc1)C(=O)O. The third-order valence-electron chi connectivity index (χ3n) is 3.47. The highest BCUT2D eigenvalue weighted by molar-refractivity contribution is 5.96. The highest BCUT2D eigenvalue weighted by Gasteiger charge is 2.16. The second-order valence-corrected chi connectivity index (χ2v) is 5.28. The van der Waals surface area contributed by atoms with Gasteiger partial charge in [0, 0.05) is 18.2 Å². The van der Waals surface area contributed by atoms with Crippen LogP contribution < -0.4 is 15.4 Å². The van der Waals surface area contributed by atoms with E-state index in [-0.39, 0.29) is 6.61 Å². The van der Waals surface area contributed by atoms with Crippen molar-refractivity contribution in [3.05, 3.63) is 29.8 Å². The summed E-state index contributed by atoms with van der Waals surface area (Å²) in [5, 5.41) is 23.3. The van der Waals surface area contributed by atoms with Crippen LogP contribution in [0.5, 0.6) is 5.75 Å². The van der Waals surface area contributed by atoms with E-state index in [1.165, 1.54) is 0 Å². The molecule has 4 N–H and O–H groups in total. The van der Waals surface area contributed by atoms with Gasteiger partial charge in [-0.2, -0.15) is 0 Å². The predicted molar refractivity (Wildman–Crippen MR) is 80.0 cm³/mol. The Bertz CT molecular complexity index is 495. The number of hydrogen-bond donors (Lipinski definition) is 4. The lowest BCUT2D eigenvalue weighted by molar-refractivity contribution is -0.142. The molecule has 6 heteroatoms. The smallest absolute Gasteiger partial charge is 0.309 e. The molecule has 1 aliphatic heterocycles. The van der Waals surface area contributed by atoms with Crippen LogP contribution >= 0.6 is 0 Å². The Balaban J connectivity index is 1.86. The normalized spacial score (nSPS) is 19.0. The highest BCUT2D eigenvalue weighted by atomic mass is 16.5. The largest absolute Gasteiger partial charge is 0.493 e. The van der Waals surface area contributed by atoms with Crippen LogP contribution in [0.25, 0.3) is 0 Å². The lowest BCUT2D eigenvalue weighted by Crippen LogP contribution is -2.36. The summed E-state index contributed by atoms with van der Waals surface area (Å²) in [6.45, 7) is 3.61. The number of carboxylic acid groups (broad SMARTS) is 1. The third kappa shape index (κ3) is 4.46. The Morgan fingerprint density at radius 1 is 1.52 bits per heavy atom. The van der Waals surface area contributed by atoms with E-state index < -0.39 is 11.9 Å². The molecule has 0 bridgehead atoms. The Labute approximate surface area is 124 Å². The van der Waals surface area contributed by atoms with Gasteiger partial charge in [0.15, 0.2) is 0 Å². The first-order valence-electron chi connectivity index (χ1n) is 7.08.